The molecule has 1 aliphatic rings. The summed E-state index contributed by atoms with van der Waals surface area (Å²) in [5.74, 6) is 1.37. The summed E-state index contributed by atoms with van der Waals surface area (Å²) in [6, 6.07) is 10.4. The van der Waals surface area contributed by atoms with Gasteiger partial charge in [0.05, 0.1) is 17.2 Å². The molecule has 0 saturated carbocycles. The highest BCUT2D eigenvalue weighted by Gasteiger charge is 2.20. The maximum absolute atomic E-state index is 12.6. The van der Waals surface area contributed by atoms with Crippen molar-refractivity contribution in [3.05, 3.63) is 42.0 Å². The number of nitrogens with zero attached hydrogens (tertiary/aromatic N) is 1. The molecule has 0 aliphatic carbocycles. The quantitative estimate of drug-likeness (QED) is 0.515. The monoisotopic (exact) mass is 444 g/mol. The van der Waals surface area contributed by atoms with Gasteiger partial charge < -0.3 is 14.8 Å². The molecule has 1 unspecified atom stereocenters. The molecule has 164 valence electrons. The second-order valence-electron chi connectivity index (χ2n) is 7.40. The van der Waals surface area contributed by atoms with E-state index in [1.165, 1.54) is 0 Å². The summed E-state index contributed by atoms with van der Waals surface area (Å²) < 4.78 is 38.3. The highest BCUT2D eigenvalue weighted by Crippen LogP contribution is 2.31. The first-order valence-electron chi connectivity index (χ1n) is 10.0. The standard InChI is InChI=1S/C21H24N4O5S/c1-3-13(2)31(27,28)25-15-5-6-17-16(12-15)21(24-23-17)22-20(26)11-14-4-7-18-19(10-14)30-9-8-29-18/h4-7,10,12-13,25H,3,8-9,11H2,1-2H3,(H2,22,23,24,26). The van der Waals surface area contributed by atoms with E-state index in [0.29, 0.717) is 53.5 Å². The maximum atomic E-state index is 12.6. The number of H-pyrrole nitrogens is 1. The van der Waals surface area contributed by atoms with Gasteiger partial charge in [0.15, 0.2) is 17.3 Å². The highest BCUT2D eigenvalue weighted by molar-refractivity contribution is 7.93. The minimum atomic E-state index is -3.49. The van der Waals surface area contributed by atoms with Crippen molar-refractivity contribution in [2.24, 2.45) is 0 Å². The fourth-order valence-corrected chi connectivity index (χ4v) is 4.31. The van der Waals surface area contributed by atoms with Gasteiger partial charge in [-0.3, -0.25) is 14.6 Å². The van der Waals surface area contributed by atoms with Crippen molar-refractivity contribution in [3.63, 3.8) is 0 Å². The Morgan fingerprint density at radius 2 is 1.94 bits per heavy atom. The number of carbonyl (C=O) groups is 1. The average Bonchev–Trinajstić information content (AvgIpc) is 3.14. The maximum Gasteiger partial charge on any atom is 0.235 e. The van der Waals surface area contributed by atoms with E-state index in [2.05, 4.69) is 20.2 Å². The van der Waals surface area contributed by atoms with Crippen LogP contribution >= 0.6 is 0 Å². The van der Waals surface area contributed by atoms with Gasteiger partial charge in [-0.25, -0.2) is 8.42 Å². The predicted molar refractivity (Wildman–Crippen MR) is 118 cm³/mol. The van der Waals surface area contributed by atoms with Crippen molar-refractivity contribution < 1.29 is 22.7 Å². The molecule has 1 aromatic heterocycles. The smallest absolute Gasteiger partial charge is 0.235 e. The number of anilines is 2. The third-order valence-corrected chi connectivity index (χ3v) is 7.07. The summed E-state index contributed by atoms with van der Waals surface area (Å²) in [5.41, 5.74) is 1.88. The van der Waals surface area contributed by atoms with Crippen LogP contribution in [0.15, 0.2) is 36.4 Å². The number of fused-ring (bicyclic) bond motifs is 2. The molecule has 2 aromatic carbocycles. The largest absolute Gasteiger partial charge is 0.486 e. The van der Waals surface area contributed by atoms with E-state index in [4.69, 9.17) is 9.47 Å². The first-order chi connectivity index (χ1) is 14.9. The Labute approximate surface area is 180 Å². The number of aromatic nitrogens is 2. The molecular weight excluding hydrogens is 420 g/mol. The molecule has 1 amide bonds. The summed E-state index contributed by atoms with van der Waals surface area (Å²) in [4.78, 5) is 12.6. The van der Waals surface area contributed by atoms with Crippen LogP contribution in [-0.4, -0.2) is 43.0 Å². The van der Waals surface area contributed by atoms with Gasteiger partial charge in [0.25, 0.3) is 0 Å². The van der Waals surface area contributed by atoms with E-state index >= 15 is 0 Å². The minimum absolute atomic E-state index is 0.130. The molecule has 1 atom stereocenters. The van der Waals surface area contributed by atoms with E-state index in [1.54, 1.807) is 37.3 Å². The highest BCUT2D eigenvalue weighted by atomic mass is 32.2. The first-order valence-corrected chi connectivity index (χ1v) is 11.6. The fourth-order valence-electron chi connectivity index (χ4n) is 3.22. The molecule has 0 saturated heterocycles. The van der Waals surface area contributed by atoms with Crippen molar-refractivity contribution >= 4 is 38.3 Å². The lowest BCUT2D eigenvalue weighted by Crippen LogP contribution is -2.24. The lowest BCUT2D eigenvalue weighted by Gasteiger charge is -2.18. The molecule has 31 heavy (non-hydrogen) atoms. The van der Waals surface area contributed by atoms with Crippen LogP contribution in [0.3, 0.4) is 0 Å². The molecule has 3 N–H and O–H groups in total. The molecule has 0 spiro atoms. The Hall–Kier alpha value is -3.27. The van der Waals surface area contributed by atoms with Crippen LogP contribution in [0.4, 0.5) is 11.5 Å². The zero-order valence-corrected chi connectivity index (χ0v) is 18.1. The number of sulfonamides is 1. The van der Waals surface area contributed by atoms with Crippen LogP contribution in [0.25, 0.3) is 10.9 Å². The SMILES string of the molecule is CCC(C)S(=O)(=O)Nc1ccc2[nH]nc(NC(=O)Cc3ccc4c(c3)OCCO4)c2c1. The third kappa shape index (κ3) is 4.58. The molecular formula is C21H24N4O5S. The van der Waals surface area contributed by atoms with Crippen molar-refractivity contribution in [2.75, 3.05) is 23.3 Å². The Bertz CT molecular complexity index is 1220. The zero-order chi connectivity index (χ0) is 22.0. The number of amides is 1. The number of benzene rings is 2. The van der Waals surface area contributed by atoms with Gasteiger partial charge in [-0.15, -0.1) is 0 Å². The van der Waals surface area contributed by atoms with Crippen molar-refractivity contribution in [2.45, 2.75) is 31.9 Å². The number of nitrogens with one attached hydrogen (secondary N) is 3. The lowest BCUT2D eigenvalue weighted by atomic mass is 10.1. The topological polar surface area (TPSA) is 122 Å². The summed E-state index contributed by atoms with van der Waals surface area (Å²) in [6.07, 6.45) is 0.635. The number of hydrogen-bond acceptors (Lipinski definition) is 6. The number of aromatic amines is 1. The Balaban J connectivity index is 1.50. The number of hydrogen-bond donors (Lipinski definition) is 3. The molecule has 10 heteroatoms. The van der Waals surface area contributed by atoms with Gasteiger partial charge in [0.2, 0.25) is 15.9 Å². The summed E-state index contributed by atoms with van der Waals surface area (Å²) >= 11 is 0. The Morgan fingerprint density at radius 3 is 2.71 bits per heavy atom. The minimum Gasteiger partial charge on any atom is -0.486 e. The second-order valence-corrected chi connectivity index (χ2v) is 9.50. The summed E-state index contributed by atoms with van der Waals surface area (Å²) in [7, 11) is -3.49. The normalized spacial score (nSPS) is 14.3. The molecule has 0 fully saturated rings. The van der Waals surface area contributed by atoms with Crippen LogP contribution in [0.2, 0.25) is 0 Å². The van der Waals surface area contributed by atoms with E-state index in [1.807, 2.05) is 13.0 Å². The van der Waals surface area contributed by atoms with E-state index in [-0.39, 0.29) is 12.3 Å². The van der Waals surface area contributed by atoms with Gasteiger partial charge in [-0.2, -0.15) is 5.10 Å². The van der Waals surface area contributed by atoms with Crippen molar-refractivity contribution in [3.8, 4) is 11.5 Å². The van der Waals surface area contributed by atoms with Crippen LogP contribution in [0.1, 0.15) is 25.8 Å². The Morgan fingerprint density at radius 1 is 1.16 bits per heavy atom. The number of ether oxygens (including phenoxy) is 2. The van der Waals surface area contributed by atoms with Gasteiger partial charge in [-0.1, -0.05) is 13.0 Å². The third-order valence-electron chi connectivity index (χ3n) is 5.16. The van der Waals surface area contributed by atoms with Crippen molar-refractivity contribution in [1.82, 2.24) is 10.2 Å². The molecule has 2 heterocycles. The summed E-state index contributed by atoms with van der Waals surface area (Å²) in [5, 5.41) is 9.88. The molecule has 0 radical (unpaired) electrons. The lowest BCUT2D eigenvalue weighted by molar-refractivity contribution is -0.115. The molecule has 1 aliphatic heterocycles. The number of carbonyl (C=O) groups excluding carboxylic acids is 1. The van der Waals surface area contributed by atoms with E-state index in [9.17, 15) is 13.2 Å². The van der Waals surface area contributed by atoms with Crippen LogP contribution in [0, 0.1) is 0 Å². The fraction of sp³-hybridized carbons (Fsp3) is 0.333. The van der Waals surface area contributed by atoms with Gasteiger partial charge >= 0.3 is 0 Å². The predicted octanol–water partition coefficient (Wildman–Crippen LogP) is 3.06. The van der Waals surface area contributed by atoms with Gasteiger partial charge in [0, 0.05) is 11.1 Å². The molecule has 9 nitrogen and oxygen atoms in total. The summed E-state index contributed by atoms with van der Waals surface area (Å²) in [6.45, 7) is 4.46. The number of rotatable bonds is 7. The first kappa shape index (κ1) is 21.0. The van der Waals surface area contributed by atoms with Gasteiger partial charge in [-0.05, 0) is 49.2 Å². The zero-order valence-electron chi connectivity index (χ0n) is 17.3. The average molecular weight is 445 g/mol. The van der Waals surface area contributed by atoms with E-state index in [0.717, 1.165) is 5.56 Å². The molecule has 0 bridgehead atoms. The van der Waals surface area contributed by atoms with Crippen LogP contribution in [-0.2, 0) is 21.2 Å². The molecule has 3 aromatic rings. The van der Waals surface area contributed by atoms with Crippen LogP contribution < -0.4 is 19.5 Å². The molecule has 4 rings (SSSR count). The Kier molecular flexibility index (Phi) is 5.73. The van der Waals surface area contributed by atoms with Crippen molar-refractivity contribution in [1.29, 1.82) is 0 Å². The van der Waals surface area contributed by atoms with Crippen LogP contribution in [0.5, 0.6) is 11.5 Å². The van der Waals surface area contributed by atoms with Gasteiger partial charge in [0.1, 0.15) is 13.2 Å². The van der Waals surface area contributed by atoms with E-state index < -0.39 is 15.3 Å². The second kappa shape index (κ2) is 8.46.